The molecule has 3 N–H and O–H groups in total. The van der Waals surface area contributed by atoms with Gasteiger partial charge in [0.05, 0.1) is 6.61 Å². The molecule has 1 saturated carbocycles. The molecule has 1 heterocycles. The third-order valence-corrected chi connectivity index (χ3v) is 6.55. The largest absolute Gasteiger partial charge is 0.398 e. The average molecular weight is 483 g/mol. The molecule has 1 aliphatic carbocycles. The number of ether oxygens (including phenoxy) is 1. The number of hydrogen-bond acceptors (Lipinski definition) is 5. The summed E-state index contributed by atoms with van der Waals surface area (Å²) in [6, 6.07) is 10.4. The third-order valence-electron chi connectivity index (χ3n) is 6.30. The Morgan fingerprint density at radius 3 is 2.62 bits per heavy atom. The van der Waals surface area contributed by atoms with Crippen LogP contribution in [0.2, 0.25) is 5.02 Å². The smallest absolute Gasteiger partial charge is 0.253 e. The number of likely N-dealkylation sites (tertiary alicyclic amines) is 1. The molecule has 0 aromatic heterocycles. The maximum atomic E-state index is 12.6. The number of nitrogens with zero attached hydrogens (tertiary/aromatic N) is 2. The van der Waals surface area contributed by atoms with Crippen molar-refractivity contribution in [1.29, 1.82) is 0 Å². The fourth-order valence-electron chi connectivity index (χ4n) is 3.95. The van der Waals surface area contributed by atoms with E-state index in [9.17, 15) is 9.59 Å². The van der Waals surface area contributed by atoms with Crippen molar-refractivity contribution in [3.8, 4) is 0 Å². The van der Waals surface area contributed by atoms with Crippen LogP contribution in [0.4, 0.5) is 5.69 Å². The van der Waals surface area contributed by atoms with Gasteiger partial charge >= 0.3 is 0 Å². The number of benzene rings is 2. The number of halogens is 1. The number of rotatable bonds is 10. The van der Waals surface area contributed by atoms with Crippen molar-refractivity contribution in [2.75, 3.05) is 45.1 Å². The number of aliphatic imine (C=N–C) groups is 1. The van der Waals surface area contributed by atoms with Gasteiger partial charge < -0.3 is 20.7 Å². The molecule has 1 aliphatic heterocycles. The second kappa shape index (κ2) is 11.0. The maximum absolute atomic E-state index is 12.6. The second-order valence-electron chi connectivity index (χ2n) is 9.09. The first-order valence-corrected chi connectivity index (χ1v) is 12.1. The molecule has 0 atom stereocenters. The summed E-state index contributed by atoms with van der Waals surface area (Å²) in [5.41, 5.74) is 9.52. The van der Waals surface area contributed by atoms with E-state index in [0.717, 1.165) is 17.7 Å². The lowest BCUT2D eigenvalue weighted by atomic mass is 9.98. The monoisotopic (exact) mass is 482 g/mol. The molecule has 0 bridgehead atoms. The van der Waals surface area contributed by atoms with Gasteiger partial charge in [0.1, 0.15) is 0 Å². The van der Waals surface area contributed by atoms with Gasteiger partial charge in [0, 0.05) is 72.3 Å². The highest BCUT2D eigenvalue weighted by Crippen LogP contribution is 2.28. The summed E-state index contributed by atoms with van der Waals surface area (Å²) in [6.07, 6.45) is 4.24. The molecular formula is C26H31ClN4O3. The highest BCUT2D eigenvalue weighted by atomic mass is 35.5. The van der Waals surface area contributed by atoms with E-state index >= 15 is 0 Å². The van der Waals surface area contributed by atoms with Crippen molar-refractivity contribution in [3.05, 3.63) is 63.7 Å². The number of nitrogens with one attached hydrogen (secondary N) is 1. The average Bonchev–Trinajstić information content (AvgIpc) is 3.61. The molecule has 2 aromatic carbocycles. The Morgan fingerprint density at radius 2 is 1.91 bits per heavy atom. The molecule has 4 rings (SSSR count). The number of anilines is 1. The lowest BCUT2D eigenvalue weighted by molar-refractivity contribution is 0.0516. The molecule has 2 aromatic rings. The lowest BCUT2D eigenvalue weighted by Crippen LogP contribution is -2.51. The van der Waals surface area contributed by atoms with Crippen LogP contribution < -0.4 is 11.1 Å². The normalized spacial score (nSPS) is 16.0. The van der Waals surface area contributed by atoms with Crippen molar-refractivity contribution in [2.24, 2.45) is 16.8 Å². The lowest BCUT2D eigenvalue weighted by Gasteiger charge is -2.38. The van der Waals surface area contributed by atoms with Gasteiger partial charge in [0.15, 0.2) is 0 Å². The Bertz CT molecular complexity index is 1060. The van der Waals surface area contributed by atoms with E-state index in [1.807, 2.05) is 11.8 Å². The number of carbonyl (C=O) groups excluding carboxylic acids is 2. The van der Waals surface area contributed by atoms with Gasteiger partial charge in [-0.2, -0.15) is 0 Å². The molecule has 34 heavy (non-hydrogen) atoms. The predicted molar refractivity (Wildman–Crippen MR) is 135 cm³/mol. The summed E-state index contributed by atoms with van der Waals surface area (Å²) in [5, 5.41) is 3.52. The number of carbonyl (C=O) groups is 2. The fraction of sp³-hybridized carbons (Fsp3) is 0.423. The summed E-state index contributed by atoms with van der Waals surface area (Å²) in [7, 11) is 0. The van der Waals surface area contributed by atoms with Gasteiger partial charge in [-0.1, -0.05) is 11.6 Å². The fourth-order valence-corrected chi connectivity index (χ4v) is 4.08. The second-order valence-corrected chi connectivity index (χ2v) is 9.53. The Kier molecular flexibility index (Phi) is 7.85. The van der Waals surface area contributed by atoms with Crippen LogP contribution in [0.3, 0.4) is 0 Å². The number of nitrogens with two attached hydrogens (primary N) is 1. The van der Waals surface area contributed by atoms with Crippen LogP contribution in [0.15, 0.2) is 41.4 Å². The quantitative estimate of drug-likeness (QED) is 0.307. The van der Waals surface area contributed by atoms with E-state index in [-0.39, 0.29) is 11.8 Å². The first-order valence-electron chi connectivity index (χ1n) is 11.7. The molecule has 2 aliphatic rings. The van der Waals surface area contributed by atoms with Crippen LogP contribution >= 0.6 is 11.6 Å². The van der Waals surface area contributed by atoms with E-state index in [0.29, 0.717) is 66.5 Å². The van der Waals surface area contributed by atoms with Crippen LogP contribution in [0.25, 0.3) is 0 Å². The predicted octanol–water partition coefficient (Wildman–Crippen LogP) is 3.58. The minimum Gasteiger partial charge on any atom is -0.398 e. The van der Waals surface area contributed by atoms with E-state index in [1.165, 1.54) is 12.8 Å². The molecule has 2 fully saturated rings. The van der Waals surface area contributed by atoms with E-state index < -0.39 is 0 Å². The Balaban J connectivity index is 1.26. The molecule has 0 radical (unpaired) electrons. The Morgan fingerprint density at radius 1 is 1.18 bits per heavy atom. The topological polar surface area (TPSA) is 97.0 Å². The molecule has 2 amide bonds. The SMILES string of the molecule is Cc1c(C(=O)NCCOCC2CC2)ccc(N)c1C=NCC1CN(C(=O)c2ccc(Cl)cc2)C1. The van der Waals surface area contributed by atoms with Crippen molar-refractivity contribution in [3.63, 3.8) is 0 Å². The minimum absolute atomic E-state index is 0.00800. The van der Waals surface area contributed by atoms with Gasteiger partial charge in [0.25, 0.3) is 11.8 Å². The van der Waals surface area contributed by atoms with E-state index in [1.54, 1.807) is 42.6 Å². The summed E-state index contributed by atoms with van der Waals surface area (Å²) < 4.78 is 5.57. The molecule has 1 saturated heterocycles. The zero-order valence-corrected chi connectivity index (χ0v) is 20.2. The molecule has 7 nitrogen and oxygen atoms in total. The summed E-state index contributed by atoms with van der Waals surface area (Å²) in [4.78, 5) is 31.5. The third kappa shape index (κ3) is 6.15. The van der Waals surface area contributed by atoms with E-state index in [4.69, 9.17) is 22.1 Å². The van der Waals surface area contributed by atoms with E-state index in [2.05, 4.69) is 10.3 Å². The van der Waals surface area contributed by atoms with Crippen LogP contribution in [-0.2, 0) is 4.74 Å². The van der Waals surface area contributed by atoms with Crippen LogP contribution in [-0.4, -0.2) is 62.3 Å². The first kappa shape index (κ1) is 24.2. The molecule has 8 heteroatoms. The van der Waals surface area contributed by atoms with Crippen molar-refractivity contribution in [1.82, 2.24) is 10.2 Å². The summed E-state index contributed by atoms with van der Waals surface area (Å²) in [6.45, 7) is 5.59. The molecule has 0 unspecified atom stereocenters. The van der Waals surface area contributed by atoms with Gasteiger partial charge in [-0.05, 0) is 67.6 Å². The highest BCUT2D eigenvalue weighted by Gasteiger charge is 2.30. The van der Waals surface area contributed by atoms with Crippen LogP contribution in [0.1, 0.15) is 44.7 Å². The molecule has 180 valence electrons. The van der Waals surface area contributed by atoms with Gasteiger partial charge in [-0.15, -0.1) is 0 Å². The van der Waals surface area contributed by atoms with Gasteiger partial charge in [-0.3, -0.25) is 14.6 Å². The van der Waals surface area contributed by atoms with Crippen molar-refractivity contribution >= 4 is 35.3 Å². The zero-order valence-electron chi connectivity index (χ0n) is 19.4. The summed E-state index contributed by atoms with van der Waals surface area (Å²) in [5.74, 6) is 0.881. The maximum Gasteiger partial charge on any atom is 0.253 e. The Hall–Kier alpha value is -2.90. The van der Waals surface area contributed by atoms with Crippen molar-refractivity contribution < 1.29 is 14.3 Å². The zero-order chi connectivity index (χ0) is 24.1. The van der Waals surface area contributed by atoms with Crippen LogP contribution in [0, 0.1) is 18.8 Å². The van der Waals surface area contributed by atoms with Gasteiger partial charge in [-0.25, -0.2) is 0 Å². The number of nitrogen functional groups attached to an aromatic ring is 1. The molecule has 0 spiro atoms. The first-order chi connectivity index (χ1) is 16.4. The van der Waals surface area contributed by atoms with Gasteiger partial charge in [0.2, 0.25) is 0 Å². The minimum atomic E-state index is -0.141. The molecular weight excluding hydrogens is 452 g/mol. The number of hydrogen-bond donors (Lipinski definition) is 2. The van der Waals surface area contributed by atoms with Crippen molar-refractivity contribution in [2.45, 2.75) is 19.8 Å². The highest BCUT2D eigenvalue weighted by molar-refractivity contribution is 6.30. The standard InChI is InChI=1S/C26H31ClN4O3/c1-17-22(25(32)30-10-11-34-16-18-2-3-18)8-9-24(28)23(17)13-29-12-19-14-31(15-19)26(33)20-4-6-21(27)7-5-20/h4-9,13,18-19H,2-3,10-12,14-16,28H2,1H3,(H,30,32). The number of amides is 2. The Labute approximate surface area is 205 Å². The summed E-state index contributed by atoms with van der Waals surface area (Å²) >= 11 is 5.89. The van der Waals surface area contributed by atoms with Crippen LogP contribution in [0.5, 0.6) is 0 Å².